The standard InChI is InChI=1S/C48H88BN5O8/c1-9-10-11-12-13-14-15-20-26-54(8)27-23-38(56)30-36(21-16-18-24-50)46(60)53-44(35(4)55)41(58)28-33(2)45(59)52-39(22-17-19-25-51)40(57)29-34(3)49-61-43-32-37-31-42(47(37,5)6)48(43,7)62-49/h33-37,39,42-44,55H,9-32,50-51H2,1-8H3,(H,52,59)(H,53,60)/t33-,34-,35-,36-,37+,39+,42+,43-,44+,48+/m1/s1. The van der Waals surface area contributed by atoms with E-state index in [-0.39, 0.29) is 53.8 Å². The summed E-state index contributed by atoms with van der Waals surface area (Å²) in [6.45, 7) is 16.5. The topological polar surface area (TPSA) is 203 Å². The minimum Gasteiger partial charge on any atom is -0.405 e. The molecule has 4 aliphatic rings. The van der Waals surface area contributed by atoms with Crippen molar-refractivity contribution >= 4 is 36.3 Å². The molecular formula is C48H88BN5O8. The zero-order valence-electron chi connectivity index (χ0n) is 40.2. The van der Waals surface area contributed by atoms with Crippen molar-refractivity contribution in [2.45, 2.75) is 213 Å². The minimum atomic E-state index is -1.26. The molecule has 3 aliphatic carbocycles. The molecule has 2 bridgehead atoms. The van der Waals surface area contributed by atoms with Crippen LogP contribution in [0.1, 0.15) is 177 Å². The fraction of sp³-hybridized carbons (Fsp3) is 0.896. The second kappa shape index (κ2) is 26.7. The summed E-state index contributed by atoms with van der Waals surface area (Å²) in [7, 11) is 1.51. The summed E-state index contributed by atoms with van der Waals surface area (Å²) in [6.07, 6.45) is 14.6. The van der Waals surface area contributed by atoms with Crippen molar-refractivity contribution in [1.29, 1.82) is 0 Å². The lowest BCUT2D eigenvalue weighted by Crippen LogP contribution is -2.65. The second-order valence-corrected chi connectivity index (χ2v) is 20.4. The Balaban J connectivity index is 1.53. The van der Waals surface area contributed by atoms with Crippen LogP contribution >= 0.6 is 0 Å². The number of aliphatic hydroxyl groups is 1. The number of rotatable bonds is 34. The number of hydrogen-bond donors (Lipinski definition) is 5. The number of nitrogens with zero attached hydrogens (tertiary/aromatic N) is 1. The molecule has 0 aromatic rings. The fourth-order valence-corrected chi connectivity index (χ4v) is 10.3. The van der Waals surface area contributed by atoms with Gasteiger partial charge in [-0.15, -0.1) is 0 Å². The van der Waals surface area contributed by atoms with Crippen LogP contribution in [0.2, 0.25) is 5.82 Å². The molecule has 356 valence electrons. The van der Waals surface area contributed by atoms with Crippen molar-refractivity contribution in [2.75, 3.05) is 33.2 Å². The molecule has 0 aromatic carbocycles. The van der Waals surface area contributed by atoms with Gasteiger partial charge < -0.3 is 41.4 Å². The molecule has 3 saturated carbocycles. The zero-order chi connectivity index (χ0) is 46.0. The van der Waals surface area contributed by atoms with Gasteiger partial charge in [-0.3, -0.25) is 24.0 Å². The van der Waals surface area contributed by atoms with Gasteiger partial charge >= 0.3 is 7.12 Å². The highest BCUT2D eigenvalue weighted by Crippen LogP contribution is 2.66. The number of nitrogens with two attached hydrogens (primary N) is 2. The van der Waals surface area contributed by atoms with Crippen molar-refractivity contribution in [3.8, 4) is 0 Å². The summed E-state index contributed by atoms with van der Waals surface area (Å²) >= 11 is 0. The van der Waals surface area contributed by atoms with Gasteiger partial charge in [0.25, 0.3) is 0 Å². The molecule has 0 aromatic heterocycles. The Labute approximate surface area is 375 Å². The van der Waals surface area contributed by atoms with Crippen molar-refractivity contribution < 1.29 is 38.4 Å². The first-order valence-electron chi connectivity index (χ1n) is 24.7. The number of hydrogen-bond acceptors (Lipinski definition) is 11. The summed E-state index contributed by atoms with van der Waals surface area (Å²) < 4.78 is 13.1. The van der Waals surface area contributed by atoms with Crippen LogP contribution in [0, 0.1) is 29.1 Å². The lowest BCUT2D eigenvalue weighted by Gasteiger charge is -2.64. The normalized spacial score (nSPS) is 24.3. The van der Waals surface area contributed by atoms with Gasteiger partial charge in [0, 0.05) is 44.1 Å². The first-order chi connectivity index (χ1) is 29.4. The molecule has 4 rings (SSSR count). The Morgan fingerprint density at radius 2 is 1.40 bits per heavy atom. The van der Waals surface area contributed by atoms with Gasteiger partial charge in [0.05, 0.1) is 23.9 Å². The van der Waals surface area contributed by atoms with Crippen LogP contribution in [0.15, 0.2) is 0 Å². The van der Waals surface area contributed by atoms with Gasteiger partial charge in [-0.05, 0) is 115 Å². The highest BCUT2D eigenvalue weighted by Gasteiger charge is 2.68. The van der Waals surface area contributed by atoms with Crippen LogP contribution in [-0.2, 0) is 33.3 Å². The molecule has 0 radical (unpaired) electrons. The van der Waals surface area contributed by atoms with Crippen LogP contribution < -0.4 is 22.1 Å². The van der Waals surface area contributed by atoms with Gasteiger partial charge in [0.2, 0.25) is 11.8 Å². The summed E-state index contributed by atoms with van der Waals surface area (Å²) in [5.74, 6) is -2.30. The molecule has 1 heterocycles. The number of unbranched alkanes of at least 4 members (excludes halogenated alkanes) is 9. The number of Topliss-reactive ketones (excluding diaryl/α,β-unsaturated/α-hetero) is 3. The molecule has 4 fully saturated rings. The SMILES string of the molecule is CCCCCCCCCCN(C)CCC(=O)C[C@@H](CCCCN)C(=O)N[C@H](C(=O)C[C@@H](C)C(=O)N[C@@H](CCCCN)C(=O)C[C@@H](C)B1O[C@@H]2C[C@@H]3C[C@@H](C3(C)C)[C@]2(C)O1)[C@@H](C)O. The monoisotopic (exact) mass is 874 g/mol. The van der Waals surface area contributed by atoms with Gasteiger partial charge in [0.1, 0.15) is 11.8 Å². The van der Waals surface area contributed by atoms with Gasteiger partial charge in [-0.25, -0.2) is 0 Å². The minimum absolute atomic E-state index is 0.00593. The summed E-state index contributed by atoms with van der Waals surface area (Å²) in [5.41, 5.74) is 11.3. The van der Waals surface area contributed by atoms with Crippen molar-refractivity contribution in [2.24, 2.45) is 40.6 Å². The lowest BCUT2D eigenvalue weighted by molar-refractivity contribution is -0.199. The number of carbonyl (C=O) groups is 5. The predicted octanol–water partition coefficient (Wildman–Crippen LogP) is 6.31. The third-order valence-corrected chi connectivity index (χ3v) is 14.7. The van der Waals surface area contributed by atoms with Gasteiger partial charge in [-0.1, -0.05) is 86.0 Å². The third-order valence-electron chi connectivity index (χ3n) is 14.7. The van der Waals surface area contributed by atoms with Crippen LogP contribution in [-0.4, -0.2) is 109 Å². The number of amides is 2. The van der Waals surface area contributed by atoms with Crippen LogP contribution in [0.3, 0.4) is 0 Å². The van der Waals surface area contributed by atoms with E-state index in [1.807, 2.05) is 14.0 Å². The molecule has 0 spiro atoms. The van der Waals surface area contributed by atoms with E-state index in [0.29, 0.717) is 76.4 Å². The highest BCUT2D eigenvalue weighted by atomic mass is 16.7. The van der Waals surface area contributed by atoms with Crippen LogP contribution in [0.4, 0.5) is 0 Å². The molecule has 1 aliphatic heterocycles. The first-order valence-corrected chi connectivity index (χ1v) is 24.7. The number of carbonyl (C=O) groups excluding carboxylic acids is 5. The number of ketones is 3. The third kappa shape index (κ3) is 16.0. The maximum Gasteiger partial charge on any atom is 0.461 e. The average Bonchev–Trinajstić information content (AvgIpc) is 3.59. The second-order valence-electron chi connectivity index (χ2n) is 20.4. The summed E-state index contributed by atoms with van der Waals surface area (Å²) in [4.78, 5) is 70.2. The maximum absolute atomic E-state index is 13.8. The number of nitrogens with one attached hydrogen (secondary N) is 2. The Morgan fingerprint density at radius 3 is 2.02 bits per heavy atom. The van der Waals surface area contributed by atoms with E-state index in [9.17, 15) is 29.1 Å². The first kappa shape index (κ1) is 54.1. The molecule has 1 saturated heterocycles. The van der Waals surface area contributed by atoms with E-state index in [4.69, 9.17) is 20.8 Å². The molecule has 10 atom stereocenters. The van der Waals surface area contributed by atoms with Gasteiger partial charge in [-0.2, -0.15) is 0 Å². The highest BCUT2D eigenvalue weighted by molar-refractivity contribution is 6.47. The molecule has 13 nitrogen and oxygen atoms in total. The van der Waals surface area contributed by atoms with E-state index in [0.717, 1.165) is 25.8 Å². The van der Waals surface area contributed by atoms with Crippen molar-refractivity contribution in [3.63, 3.8) is 0 Å². The summed E-state index contributed by atoms with van der Waals surface area (Å²) in [6, 6.07) is -2.04. The maximum atomic E-state index is 13.8. The Bertz CT molecular complexity index is 1420. The predicted molar refractivity (Wildman–Crippen MR) is 247 cm³/mol. The zero-order valence-corrected chi connectivity index (χ0v) is 40.2. The molecule has 0 unspecified atom stereocenters. The molecular weight excluding hydrogens is 785 g/mol. The van der Waals surface area contributed by atoms with E-state index >= 15 is 0 Å². The lowest BCUT2D eigenvalue weighted by atomic mass is 9.43. The van der Waals surface area contributed by atoms with E-state index < -0.39 is 54.7 Å². The van der Waals surface area contributed by atoms with E-state index in [1.165, 1.54) is 51.9 Å². The number of aliphatic hydroxyl groups excluding tert-OH is 1. The molecule has 62 heavy (non-hydrogen) atoms. The van der Waals surface area contributed by atoms with Crippen LogP contribution in [0.5, 0.6) is 0 Å². The quantitative estimate of drug-likeness (QED) is 0.0359. The van der Waals surface area contributed by atoms with Crippen LogP contribution in [0.25, 0.3) is 0 Å². The summed E-state index contributed by atoms with van der Waals surface area (Å²) in [5, 5.41) is 16.3. The van der Waals surface area contributed by atoms with E-state index in [2.05, 4.69) is 43.2 Å². The Kier molecular flexibility index (Phi) is 23.3. The fourth-order valence-electron chi connectivity index (χ4n) is 10.3. The van der Waals surface area contributed by atoms with Crippen molar-refractivity contribution in [3.05, 3.63) is 0 Å². The van der Waals surface area contributed by atoms with E-state index in [1.54, 1.807) is 6.92 Å². The molecule has 2 amide bonds. The smallest absolute Gasteiger partial charge is 0.405 e. The van der Waals surface area contributed by atoms with Crippen molar-refractivity contribution in [1.82, 2.24) is 15.5 Å². The molecule has 14 heteroatoms. The largest absolute Gasteiger partial charge is 0.461 e. The Morgan fingerprint density at radius 1 is 0.774 bits per heavy atom. The Hall–Kier alpha value is -2.23. The molecule has 7 N–H and O–H groups in total. The average molecular weight is 874 g/mol. The van der Waals surface area contributed by atoms with Gasteiger partial charge in [0.15, 0.2) is 11.6 Å².